The first kappa shape index (κ1) is 13.1. The minimum Gasteiger partial charge on any atom is -0.302 e. The summed E-state index contributed by atoms with van der Waals surface area (Å²) in [6, 6.07) is 8.90. The fourth-order valence-corrected chi connectivity index (χ4v) is 2.99. The molecule has 0 fully saturated rings. The van der Waals surface area contributed by atoms with E-state index in [2.05, 4.69) is 65.7 Å². The van der Waals surface area contributed by atoms with Crippen molar-refractivity contribution in [3.8, 4) is 0 Å². The van der Waals surface area contributed by atoms with E-state index in [0.29, 0.717) is 5.92 Å². The van der Waals surface area contributed by atoms with Crippen LogP contribution in [-0.2, 0) is 0 Å². The molecule has 0 saturated carbocycles. The van der Waals surface area contributed by atoms with Gasteiger partial charge < -0.3 is 4.90 Å². The van der Waals surface area contributed by atoms with Gasteiger partial charge in [-0.05, 0) is 35.1 Å². The smallest absolute Gasteiger partial charge is 0.0236 e. The van der Waals surface area contributed by atoms with Gasteiger partial charge in [0.25, 0.3) is 0 Å². The van der Waals surface area contributed by atoms with Crippen LogP contribution in [0.5, 0.6) is 0 Å². The Kier molecular flexibility index (Phi) is 4.26. The maximum Gasteiger partial charge on any atom is 0.0236 e. The van der Waals surface area contributed by atoms with Crippen LogP contribution in [-0.4, -0.2) is 30.0 Å². The average molecular weight is 341 g/mol. The third kappa shape index (κ3) is 2.29. The molecule has 1 aromatic carbocycles. The molecule has 2 heteroatoms. The zero-order valence-corrected chi connectivity index (χ0v) is 13.0. The summed E-state index contributed by atoms with van der Waals surface area (Å²) in [5.41, 5.74) is 6.34. The Hall–Kier alpha value is -0.350. The molecule has 1 aromatic rings. The van der Waals surface area contributed by atoms with E-state index in [1.807, 2.05) is 4.93 Å². The van der Waals surface area contributed by atoms with Crippen LogP contribution in [0.25, 0.3) is 5.57 Å². The number of alkyl halides is 1. The largest absolute Gasteiger partial charge is 0.302 e. The van der Waals surface area contributed by atoms with Crippen molar-refractivity contribution in [3.05, 3.63) is 41.0 Å². The van der Waals surface area contributed by atoms with Gasteiger partial charge in [0, 0.05) is 19.0 Å². The van der Waals surface area contributed by atoms with E-state index >= 15 is 0 Å². The Morgan fingerprint density at radius 3 is 2.71 bits per heavy atom. The second-order valence-corrected chi connectivity index (χ2v) is 4.80. The van der Waals surface area contributed by atoms with Crippen LogP contribution >= 0.6 is 22.6 Å². The topological polar surface area (TPSA) is 3.24 Å². The molecule has 0 spiro atoms. The van der Waals surface area contributed by atoms with Gasteiger partial charge in [0.15, 0.2) is 0 Å². The first-order chi connectivity index (χ1) is 8.27. The molecule has 1 atom stereocenters. The average Bonchev–Trinajstić information content (AvgIpc) is 2.66. The molecule has 0 amide bonds. The van der Waals surface area contributed by atoms with Crippen LogP contribution in [0.15, 0.2) is 29.8 Å². The third-order valence-electron chi connectivity index (χ3n) is 3.85. The third-order valence-corrected chi connectivity index (χ3v) is 3.85. The van der Waals surface area contributed by atoms with Crippen LogP contribution in [0.2, 0.25) is 0 Å². The van der Waals surface area contributed by atoms with Crippen LogP contribution in [0.3, 0.4) is 0 Å². The number of likely N-dealkylation sites (N-methyl/N-ethyl adjacent to an activating group) is 1. The minimum atomic E-state index is 0.657. The Morgan fingerprint density at radius 1 is 1.24 bits per heavy atom. The molecule has 1 nitrogen and oxygen atoms in total. The second-order valence-electron chi connectivity index (χ2n) is 4.80. The Bertz CT molecular complexity index is 436. The normalized spacial score (nSPS) is 22.7. The van der Waals surface area contributed by atoms with Gasteiger partial charge in [0.05, 0.1) is 0 Å². The van der Waals surface area contributed by atoms with E-state index in [1.54, 1.807) is 11.1 Å². The van der Waals surface area contributed by atoms with Crippen molar-refractivity contribution in [2.75, 3.05) is 25.1 Å². The Balaban J connectivity index is 0.000000514. The van der Waals surface area contributed by atoms with Crippen molar-refractivity contribution in [1.29, 1.82) is 0 Å². The first-order valence-corrected chi connectivity index (χ1v) is 8.30. The molecular formula is C15H20IN. The standard InChI is InChI=1S/C14H17N.CH3I/c1-10-11-5-3-4-6-13(11)14-9-15(2)8-7-12(10)14;1-2/h3-6,10H,7-9H2,1-2H3;1H3. The van der Waals surface area contributed by atoms with Gasteiger partial charge in [-0.2, -0.15) is 0 Å². The van der Waals surface area contributed by atoms with Gasteiger partial charge in [-0.1, -0.05) is 59.4 Å². The van der Waals surface area contributed by atoms with Crippen LogP contribution in [0.1, 0.15) is 30.4 Å². The lowest BCUT2D eigenvalue weighted by atomic mass is 9.94. The van der Waals surface area contributed by atoms with E-state index in [9.17, 15) is 0 Å². The van der Waals surface area contributed by atoms with E-state index in [0.717, 1.165) is 6.54 Å². The monoisotopic (exact) mass is 341 g/mol. The van der Waals surface area contributed by atoms with Crippen molar-refractivity contribution >= 4 is 28.2 Å². The fraction of sp³-hybridized carbons (Fsp3) is 0.467. The highest BCUT2D eigenvalue weighted by molar-refractivity contribution is 14.1. The van der Waals surface area contributed by atoms with E-state index in [1.165, 1.54) is 24.1 Å². The van der Waals surface area contributed by atoms with Crippen LogP contribution < -0.4 is 0 Å². The van der Waals surface area contributed by atoms with Crippen LogP contribution in [0.4, 0.5) is 0 Å². The summed E-state index contributed by atoms with van der Waals surface area (Å²) in [4.78, 5) is 4.39. The Morgan fingerprint density at radius 2 is 1.94 bits per heavy atom. The van der Waals surface area contributed by atoms with E-state index in [4.69, 9.17) is 0 Å². The number of benzene rings is 1. The predicted octanol–water partition coefficient (Wildman–Crippen LogP) is 3.94. The molecule has 0 N–H and O–H groups in total. The number of hydrogen-bond donors (Lipinski definition) is 0. The lowest BCUT2D eigenvalue weighted by Gasteiger charge is -2.25. The molecule has 0 saturated heterocycles. The highest BCUT2D eigenvalue weighted by atomic mass is 127. The van der Waals surface area contributed by atoms with E-state index in [-0.39, 0.29) is 0 Å². The molecule has 0 aromatic heterocycles. The maximum absolute atomic E-state index is 2.42. The van der Waals surface area contributed by atoms with Crippen molar-refractivity contribution in [1.82, 2.24) is 4.90 Å². The van der Waals surface area contributed by atoms with Crippen molar-refractivity contribution in [2.45, 2.75) is 19.3 Å². The molecule has 0 bridgehead atoms. The summed E-state index contributed by atoms with van der Waals surface area (Å²) in [5, 5.41) is 0. The second kappa shape index (κ2) is 5.53. The SMILES string of the molecule is CC1C2=C(CN(C)CC2)c2ccccc21.CI. The summed E-state index contributed by atoms with van der Waals surface area (Å²) >= 11 is 2.15. The summed E-state index contributed by atoms with van der Waals surface area (Å²) in [7, 11) is 2.22. The van der Waals surface area contributed by atoms with Gasteiger partial charge in [0.1, 0.15) is 0 Å². The molecule has 0 radical (unpaired) electrons. The minimum absolute atomic E-state index is 0.657. The lowest BCUT2D eigenvalue weighted by molar-refractivity contribution is 0.365. The summed E-state index contributed by atoms with van der Waals surface area (Å²) in [6.07, 6.45) is 1.25. The molecule has 17 heavy (non-hydrogen) atoms. The van der Waals surface area contributed by atoms with Crippen molar-refractivity contribution in [3.63, 3.8) is 0 Å². The number of nitrogens with zero attached hydrogens (tertiary/aromatic N) is 1. The summed E-state index contributed by atoms with van der Waals surface area (Å²) in [6.45, 7) is 4.71. The predicted molar refractivity (Wildman–Crippen MR) is 83.8 cm³/mol. The fourth-order valence-electron chi connectivity index (χ4n) is 2.99. The molecule has 3 rings (SSSR count). The zero-order valence-electron chi connectivity index (χ0n) is 10.8. The maximum atomic E-state index is 2.42. The number of rotatable bonds is 0. The van der Waals surface area contributed by atoms with Crippen LogP contribution in [0, 0.1) is 0 Å². The summed E-state index contributed by atoms with van der Waals surface area (Å²) in [5.74, 6) is 0.657. The molecule has 1 aliphatic carbocycles. The van der Waals surface area contributed by atoms with Gasteiger partial charge in [-0.25, -0.2) is 0 Å². The van der Waals surface area contributed by atoms with Crippen molar-refractivity contribution in [2.24, 2.45) is 0 Å². The quantitative estimate of drug-likeness (QED) is 0.510. The molecule has 92 valence electrons. The lowest BCUT2D eigenvalue weighted by Crippen LogP contribution is -2.26. The molecule has 1 aliphatic heterocycles. The van der Waals surface area contributed by atoms with Gasteiger partial charge in [0.2, 0.25) is 0 Å². The van der Waals surface area contributed by atoms with Gasteiger partial charge in [-0.3, -0.25) is 0 Å². The van der Waals surface area contributed by atoms with Gasteiger partial charge >= 0.3 is 0 Å². The molecule has 1 heterocycles. The van der Waals surface area contributed by atoms with Gasteiger partial charge in [-0.15, -0.1) is 0 Å². The highest BCUT2D eigenvalue weighted by Gasteiger charge is 2.30. The number of fused-ring (bicyclic) bond motifs is 2. The Labute approximate surface area is 118 Å². The highest BCUT2D eigenvalue weighted by Crippen LogP contribution is 2.44. The van der Waals surface area contributed by atoms with E-state index < -0.39 is 0 Å². The molecule has 1 unspecified atom stereocenters. The summed E-state index contributed by atoms with van der Waals surface area (Å²) < 4.78 is 0. The molecular weight excluding hydrogens is 321 g/mol. The number of halogens is 1. The van der Waals surface area contributed by atoms with Crippen molar-refractivity contribution < 1.29 is 0 Å². The number of hydrogen-bond acceptors (Lipinski definition) is 1. The zero-order chi connectivity index (χ0) is 12.4. The molecule has 2 aliphatic rings. The first-order valence-electron chi connectivity index (χ1n) is 6.15.